The molecule has 2 atom stereocenters. The van der Waals surface area contributed by atoms with Crippen LogP contribution in [0.2, 0.25) is 0 Å². The standard InChI is InChI=1S/C13H17N3O2/c1-15-7-11-12(8-15)18-9-13(17)16(11)6-10-4-2-3-5-14-10/h2-5,11-12H,6-9H2,1H3/t11-,12+/m1/s1. The first-order valence-corrected chi connectivity index (χ1v) is 6.23. The Balaban J connectivity index is 1.78. The van der Waals surface area contributed by atoms with E-state index in [0.717, 1.165) is 18.8 Å². The van der Waals surface area contributed by atoms with Gasteiger partial charge in [-0.2, -0.15) is 0 Å². The summed E-state index contributed by atoms with van der Waals surface area (Å²) in [4.78, 5) is 20.4. The predicted octanol–water partition coefficient (Wildman–Crippen LogP) is 0.123. The average Bonchev–Trinajstić information content (AvgIpc) is 2.75. The molecule has 5 heteroatoms. The van der Waals surface area contributed by atoms with E-state index in [1.54, 1.807) is 6.20 Å². The SMILES string of the molecule is CN1C[C@@H]2OCC(=O)N(Cc3ccccn3)[C@@H]2C1. The largest absolute Gasteiger partial charge is 0.365 e. The second-order valence-electron chi connectivity index (χ2n) is 4.98. The van der Waals surface area contributed by atoms with Crippen molar-refractivity contribution in [1.29, 1.82) is 0 Å². The maximum Gasteiger partial charge on any atom is 0.249 e. The van der Waals surface area contributed by atoms with Crippen LogP contribution in [0.3, 0.4) is 0 Å². The number of morpholine rings is 1. The molecule has 2 aliphatic heterocycles. The lowest BCUT2D eigenvalue weighted by Crippen LogP contribution is -2.53. The Morgan fingerprint density at radius 1 is 1.44 bits per heavy atom. The highest BCUT2D eigenvalue weighted by Gasteiger charge is 2.41. The molecule has 0 saturated carbocycles. The van der Waals surface area contributed by atoms with Crippen LogP contribution in [0.15, 0.2) is 24.4 Å². The van der Waals surface area contributed by atoms with Gasteiger partial charge in [0.15, 0.2) is 0 Å². The first-order valence-electron chi connectivity index (χ1n) is 6.23. The van der Waals surface area contributed by atoms with Gasteiger partial charge in [-0.15, -0.1) is 0 Å². The van der Waals surface area contributed by atoms with Crippen molar-refractivity contribution in [3.63, 3.8) is 0 Å². The number of hydrogen-bond donors (Lipinski definition) is 0. The second kappa shape index (κ2) is 4.66. The normalized spacial score (nSPS) is 28.5. The number of carbonyl (C=O) groups is 1. The highest BCUT2D eigenvalue weighted by molar-refractivity contribution is 5.78. The molecule has 0 N–H and O–H groups in total. The Morgan fingerprint density at radius 2 is 2.33 bits per heavy atom. The van der Waals surface area contributed by atoms with Gasteiger partial charge in [-0.1, -0.05) is 6.07 Å². The van der Waals surface area contributed by atoms with Gasteiger partial charge in [0.05, 0.1) is 24.4 Å². The van der Waals surface area contributed by atoms with Crippen molar-refractivity contribution in [3.05, 3.63) is 30.1 Å². The fraction of sp³-hybridized carbons (Fsp3) is 0.538. The van der Waals surface area contributed by atoms with E-state index in [2.05, 4.69) is 16.9 Å². The van der Waals surface area contributed by atoms with Crippen LogP contribution in [-0.4, -0.2) is 59.6 Å². The summed E-state index contributed by atoms with van der Waals surface area (Å²) < 4.78 is 5.60. The van der Waals surface area contributed by atoms with E-state index in [4.69, 9.17) is 4.74 Å². The molecule has 96 valence electrons. The Kier molecular flexibility index (Phi) is 3.01. The van der Waals surface area contributed by atoms with E-state index < -0.39 is 0 Å². The molecule has 0 aliphatic carbocycles. The molecule has 2 fully saturated rings. The number of amides is 1. The van der Waals surface area contributed by atoms with Crippen molar-refractivity contribution in [1.82, 2.24) is 14.8 Å². The Hall–Kier alpha value is -1.46. The van der Waals surface area contributed by atoms with Crippen molar-refractivity contribution in [2.45, 2.75) is 18.7 Å². The molecule has 1 aromatic heterocycles. The molecule has 0 bridgehead atoms. The third-order valence-corrected chi connectivity index (χ3v) is 3.62. The second-order valence-corrected chi connectivity index (χ2v) is 4.98. The number of fused-ring (bicyclic) bond motifs is 1. The molecule has 2 aliphatic rings. The summed E-state index contributed by atoms with van der Waals surface area (Å²) in [6.07, 6.45) is 1.91. The minimum atomic E-state index is 0.0669. The van der Waals surface area contributed by atoms with Gasteiger partial charge < -0.3 is 14.5 Å². The Labute approximate surface area is 106 Å². The molecule has 18 heavy (non-hydrogen) atoms. The van der Waals surface area contributed by atoms with E-state index in [-0.39, 0.29) is 24.7 Å². The highest BCUT2D eigenvalue weighted by Crippen LogP contribution is 2.23. The van der Waals surface area contributed by atoms with E-state index in [9.17, 15) is 4.79 Å². The monoisotopic (exact) mass is 247 g/mol. The molecule has 2 saturated heterocycles. The molecule has 0 aromatic carbocycles. The van der Waals surface area contributed by atoms with Crippen molar-refractivity contribution >= 4 is 5.91 Å². The van der Waals surface area contributed by atoms with E-state index in [1.807, 2.05) is 23.1 Å². The van der Waals surface area contributed by atoms with Crippen LogP contribution in [-0.2, 0) is 16.1 Å². The molecule has 3 rings (SSSR count). The van der Waals surface area contributed by atoms with Crippen molar-refractivity contribution in [3.8, 4) is 0 Å². The van der Waals surface area contributed by atoms with Gasteiger partial charge in [0.2, 0.25) is 5.91 Å². The fourth-order valence-corrected chi connectivity index (χ4v) is 2.72. The summed E-state index contributed by atoms with van der Waals surface area (Å²) in [6, 6.07) is 5.96. The van der Waals surface area contributed by atoms with Crippen molar-refractivity contribution in [2.24, 2.45) is 0 Å². The maximum absolute atomic E-state index is 12.0. The molecular weight excluding hydrogens is 230 g/mol. The third-order valence-electron chi connectivity index (χ3n) is 3.62. The van der Waals surface area contributed by atoms with E-state index >= 15 is 0 Å². The molecule has 0 unspecified atom stereocenters. The van der Waals surface area contributed by atoms with Gasteiger partial charge in [0.25, 0.3) is 0 Å². The third kappa shape index (κ3) is 2.11. The van der Waals surface area contributed by atoms with E-state index in [0.29, 0.717) is 6.54 Å². The lowest BCUT2D eigenvalue weighted by atomic mass is 10.1. The molecular formula is C13H17N3O2. The first kappa shape index (κ1) is 11.6. The number of carbonyl (C=O) groups excluding carboxylic acids is 1. The number of pyridine rings is 1. The summed E-state index contributed by atoms with van der Waals surface area (Å²) in [5.74, 6) is 0.0669. The van der Waals surface area contributed by atoms with Crippen molar-refractivity contribution < 1.29 is 9.53 Å². The van der Waals surface area contributed by atoms with Crippen LogP contribution in [0.4, 0.5) is 0 Å². The minimum absolute atomic E-state index is 0.0669. The molecule has 3 heterocycles. The summed E-state index contributed by atoms with van der Waals surface area (Å²) >= 11 is 0. The van der Waals surface area contributed by atoms with Crippen LogP contribution in [0.1, 0.15) is 5.69 Å². The zero-order valence-corrected chi connectivity index (χ0v) is 10.5. The van der Waals surface area contributed by atoms with Gasteiger partial charge in [0, 0.05) is 19.3 Å². The zero-order chi connectivity index (χ0) is 12.5. The van der Waals surface area contributed by atoms with Gasteiger partial charge >= 0.3 is 0 Å². The smallest absolute Gasteiger partial charge is 0.249 e. The van der Waals surface area contributed by atoms with Crippen LogP contribution < -0.4 is 0 Å². The molecule has 0 spiro atoms. The van der Waals surface area contributed by atoms with Gasteiger partial charge in [-0.3, -0.25) is 9.78 Å². The minimum Gasteiger partial charge on any atom is -0.365 e. The molecule has 0 radical (unpaired) electrons. The summed E-state index contributed by atoms with van der Waals surface area (Å²) in [5.41, 5.74) is 0.932. The number of rotatable bonds is 2. The lowest BCUT2D eigenvalue weighted by Gasteiger charge is -2.36. The number of nitrogens with zero attached hydrogens (tertiary/aromatic N) is 3. The van der Waals surface area contributed by atoms with Crippen LogP contribution in [0, 0.1) is 0 Å². The number of ether oxygens (including phenoxy) is 1. The van der Waals surface area contributed by atoms with Crippen LogP contribution in [0.25, 0.3) is 0 Å². The molecule has 5 nitrogen and oxygen atoms in total. The van der Waals surface area contributed by atoms with Crippen LogP contribution >= 0.6 is 0 Å². The van der Waals surface area contributed by atoms with Gasteiger partial charge in [-0.25, -0.2) is 0 Å². The Bertz CT molecular complexity index is 437. The highest BCUT2D eigenvalue weighted by atomic mass is 16.5. The zero-order valence-electron chi connectivity index (χ0n) is 10.5. The summed E-state index contributed by atoms with van der Waals surface area (Å²) in [5, 5.41) is 0. The fourth-order valence-electron chi connectivity index (χ4n) is 2.72. The van der Waals surface area contributed by atoms with Crippen molar-refractivity contribution in [2.75, 3.05) is 26.7 Å². The number of aromatic nitrogens is 1. The predicted molar refractivity (Wildman–Crippen MR) is 65.8 cm³/mol. The van der Waals surface area contributed by atoms with Gasteiger partial charge in [0.1, 0.15) is 6.61 Å². The molecule has 1 aromatic rings. The Morgan fingerprint density at radius 3 is 3.11 bits per heavy atom. The summed E-state index contributed by atoms with van der Waals surface area (Å²) in [7, 11) is 2.06. The lowest BCUT2D eigenvalue weighted by molar-refractivity contribution is -0.154. The number of hydrogen-bond acceptors (Lipinski definition) is 4. The number of likely N-dealkylation sites (N-methyl/N-ethyl adjacent to an activating group) is 1. The van der Waals surface area contributed by atoms with Crippen LogP contribution in [0.5, 0.6) is 0 Å². The topological polar surface area (TPSA) is 45.7 Å². The molecule has 1 amide bonds. The average molecular weight is 247 g/mol. The van der Waals surface area contributed by atoms with E-state index in [1.165, 1.54) is 0 Å². The van der Waals surface area contributed by atoms with Gasteiger partial charge in [-0.05, 0) is 19.2 Å². The first-order chi connectivity index (χ1) is 8.74. The number of likely N-dealkylation sites (tertiary alicyclic amines) is 1. The summed E-state index contributed by atoms with van der Waals surface area (Å²) in [6.45, 7) is 2.56. The maximum atomic E-state index is 12.0. The quantitative estimate of drug-likeness (QED) is 0.745.